The number of aryl methyl sites for hydroxylation is 1. The highest BCUT2D eigenvalue weighted by molar-refractivity contribution is 7.19. The summed E-state index contributed by atoms with van der Waals surface area (Å²) in [6, 6.07) is 8.53. The Morgan fingerprint density at radius 1 is 1.33 bits per heavy atom. The van der Waals surface area contributed by atoms with Gasteiger partial charge in [0.2, 0.25) is 0 Å². The minimum Gasteiger partial charge on any atom is -0.395 e. The summed E-state index contributed by atoms with van der Waals surface area (Å²) < 4.78 is 1.35. The van der Waals surface area contributed by atoms with Gasteiger partial charge in [0.05, 0.1) is 6.61 Å². The number of aliphatic hydroxyl groups excluding tert-OH is 1. The largest absolute Gasteiger partial charge is 0.395 e. The van der Waals surface area contributed by atoms with Gasteiger partial charge in [-0.1, -0.05) is 18.2 Å². The van der Waals surface area contributed by atoms with E-state index in [9.17, 15) is 5.11 Å². The van der Waals surface area contributed by atoms with Crippen molar-refractivity contribution in [2.45, 2.75) is 25.2 Å². The first-order chi connectivity index (χ1) is 7.27. The molecule has 0 amide bonds. The molecule has 0 spiro atoms. The van der Waals surface area contributed by atoms with Crippen molar-refractivity contribution in [3.05, 3.63) is 34.7 Å². The molecule has 1 saturated carbocycles. The number of aliphatic hydroxyl groups is 1. The van der Waals surface area contributed by atoms with Crippen LogP contribution in [0.3, 0.4) is 0 Å². The zero-order valence-electron chi connectivity index (χ0n) is 8.79. The topological polar surface area (TPSA) is 20.2 Å². The van der Waals surface area contributed by atoms with Crippen molar-refractivity contribution < 1.29 is 5.11 Å². The molecule has 0 bridgehead atoms. The molecule has 1 aromatic carbocycles. The summed E-state index contributed by atoms with van der Waals surface area (Å²) >= 11 is 1.85. The Hall–Kier alpha value is -0.860. The van der Waals surface area contributed by atoms with Crippen LogP contribution in [0.5, 0.6) is 0 Å². The summed E-state index contributed by atoms with van der Waals surface area (Å²) in [5, 5.41) is 10.9. The van der Waals surface area contributed by atoms with Crippen LogP contribution in [-0.4, -0.2) is 11.7 Å². The van der Waals surface area contributed by atoms with Crippen molar-refractivity contribution in [3.8, 4) is 0 Å². The SMILES string of the molecule is Cc1sc2ccccc2c1C1(CO)CC1. The number of hydrogen-bond acceptors (Lipinski definition) is 2. The first-order valence-electron chi connectivity index (χ1n) is 5.36. The molecule has 0 aliphatic heterocycles. The lowest BCUT2D eigenvalue weighted by atomic mass is 9.94. The standard InChI is InChI=1S/C13H14OS/c1-9-12(13(8-14)6-7-13)10-4-2-3-5-11(10)15-9/h2-5,14H,6-8H2,1H3. The fraction of sp³-hybridized carbons (Fsp3) is 0.385. The highest BCUT2D eigenvalue weighted by Gasteiger charge is 2.46. The van der Waals surface area contributed by atoms with Gasteiger partial charge in [0.1, 0.15) is 0 Å². The predicted molar refractivity (Wildman–Crippen MR) is 64.6 cm³/mol. The smallest absolute Gasteiger partial charge is 0.0528 e. The quantitative estimate of drug-likeness (QED) is 0.820. The molecule has 0 saturated heterocycles. The molecule has 1 aliphatic rings. The van der Waals surface area contributed by atoms with Crippen LogP contribution in [0.25, 0.3) is 10.1 Å². The number of benzene rings is 1. The number of thiophene rings is 1. The molecule has 2 heteroatoms. The molecule has 78 valence electrons. The van der Waals surface area contributed by atoms with Crippen molar-refractivity contribution in [2.24, 2.45) is 0 Å². The van der Waals surface area contributed by atoms with Crippen LogP contribution in [0.15, 0.2) is 24.3 Å². The summed E-state index contributed by atoms with van der Waals surface area (Å²) in [5.74, 6) is 0. The second-order valence-corrected chi connectivity index (χ2v) is 5.72. The molecular weight excluding hydrogens is 204 g/mol. The molecule has 0 radical (unpaired) electrons. The Morgan fingerprint density at radius 3 is 2.73 bits per heavy atom. The fourth-order valence-corrected chi connectivity index (χ4v) is 3.65. The third kappa shape index (κ3) is 1.25. The molecule has 0 atom stereocenters. The Balaban J connectivity index is 2.29. The van der Waals surface area contributed by atoms with Crippen LogP contribution in [0.4, 0.5) is 0 Å². The average molecular weight is 218 g/mol. The highest BCUT2D eigenvalue weighted by Crippen LogP contribution is 2.53. The van der Waals surface area contributed by atoms with Gasteiger partial charge in [0.15, 0.2) is 0 Å². The van der Waals surface area contributed by atoms with Crippen molar-refractivity contribution in [2.75, 3.05) is 6.61 Å². The molecule has 1 fully saturated rings. The van der Waals surface area contributed by atoms with Gasteiger partial charge in [-0.25, -0.2) is 0 Å². The maximum absolute atomic E-state index is 9.52. The van der Waals surface area contributed by atoms with Gasteiger partial charge in [0.25, 0.3) is 0 Å². The Labute approximate surface area is 93.4 Å². The van der Waals surface area contributed by atoms with E-state index in [1.165, 1.54) is 20.5 Å². The van der Waals surface area contributed by atoms with Crippen LogP contribution in [0.2, 0.25) is 0 Å². The van der Waals surface area contributed by atoms with E-state index in [2.05, 4.69) is 31.2 Å². The third-order valence-electron chi connectivity index (χ3n) is 3.46. The molecule has 1 aromatic heterocycles. The van der Waals surface area contributed by atoms with Crippen LogP contribution < -0.4 is 0 Å². The van der Waals surface area contributed by atoms with E-state index >= 15 is 0 Å². The lowest BCUT2D eigenvalue weighted by molar-refractivity contribution is 0.255. The first kappa shape index (κ1) is 9.37. The number of fused-ring (bicyclic) bond motifs is 1. The second kappa shape index (κ2) is 3.06. The molecule has 2 aromatic rings. The Morgan fingerprint density at radius 2 is 2.07 bits per heavy atom. The molecule has 1 nitrogen and oxygen atoms in total. The Bertz CT molecular complexity index is 508. The van der Waals surface area contributed by atoms with Crippen LogP contribution in [-0.2, 0) is 5.41 Å². The minimum atomic E-state index is 0.101. The predicted octanol–water partition coefficient (Wildman–Crippen LogP) is 3.23. The zero-order valence-corrected chi connectivity index (χ0v) is 9.60. The van der Waals surface area contributed by atoms with Crippen molar-refractivity contribution in [3.63, 3.8) is 0 Å². The molecule has 3 rings (SSSR count). The molecule has 1 aliphatic carbocycles. The average Bonchev–Trinajstić information content (AvgIpc) is 2.95. The van der Waals surface area contributed by atoms with Crippen molar-refractivity contribution in [1.82, 2.24) is 0 Å². The van der Waals surface area contributed by atoms with Gasteiger partial charge in [0, 0.05) is 15.0 Å². The summed E-state index contributed by atoms with van der Waals surface area (Å²) in [6.45, 7) is 2.48. The summed E-state index contributed by atoms with van der Waals surface area (Å²) in [5.41, 5.74) is 1.51. The lowest BCUT2D eigenvalue weighted by Gasteiger charge is -2.12. The van der Waals surface area contributed by atoms with Crippen LogP contribution in [0, 0.1) is 6.92 Å². The van der Waals surface area contributed by atoms with Gasteiger partial charge < -0.3 is 5.11 Å². The van der Waals surface area contributed by atoms with Gasteiger partial charge in [-0.2, -0.15) is 0 Å². The maximum atomic E-state index is 9.52. The van der Waals surface area contributed by atoms with Gasteiger partial charge in [-0.15, -0.1) is 11.3 Å². The summed E-state index contributed by atoms with van der Waals surface area (Å²) in [4.78, 5) is 1.38. The molecule has 1 N–H and O–H groups in total. The van der Waals surface area contributed by atoms with Crippen molar-refractivity contribution >= 4 is 21.4 Å². The highest BCUT2D eigenvalue weighted by atomic mass is 32.1. The summed E-state index contributed by atoms with van der Waals surface area (Å²) in [7, 11) is 0. The van der Waals surface area contributed by atoms with Gasteiger partial charge >= 0.3 is 0 Å². The molecule has 1 heterocycles. The minimum absolute atomic E-state index is 0.101. The Kier molecular flexibility index (Phi) is 1.91. The van der Waals surface area contributed by atoms with Crippen molar-refractivity contribution in [1.29, 1.82) is 0 Å². The fourth-order valence-electron chi connectivity index (χ4n) is 2.46. The van der Waals surface area contributed by atoms with E-state index in [1.807, 2.05) is 11.3 Å². The van der Waals surface area contributed by atoms with Gasteiger partial charge in [-0.3, -0.25) is 0 Å². The third-order valence-corrected chi connectivity index (χ3v) is 4.54. The van der Waals surface area contributed by atoms with E-state index in [0.717, 1.165) is 12.8 Å². The van der Waals surface area contributed by atoms with Crippen LogP contribution in [0.1, 0.15) is 23.3 Å². The molecular formula is C13H14OS. The lowest BCUT2D eigenvalue weighted by Crippen LogP contribution is -2.12. The van der Waals surface area contributed by atoms with E-state index in [4.69, 9.17) is 0 Å². The van der Waals surface area contributed by atoms with Gasteiger partial charge in [-0.05, 0) is 36.8 Å². The number of hydrogen-bond donors (Lipinski definition) is 1. The monoisotopic (exact) mass is 218 g/mol. The van der Waals surface area contributed by atoms with E-state index in [1.54, 1.807) is 0 Å². The zero-order chi connectivity index (χ0) is 10.5. The van der Waals surface area contributed by atoms with Crippen LogP contribution >= 0.6 is 11.3 Å². The normalized spacial score (nSPS) is 18.3. The van der Waals surface area contributed by atoms with E-state index in [-0.39, 0.29) is 5.41 Å². The van der Waals surface area contributed by atoms with E-state index < -0.39 is 0 Å². The van der Waals surface area contributed by atoms with E-state index in [0.29, 0.717) is 6.61 Å². The second-order valence-electron chi connectivity index (χ2n) is 4.47. The summed E-state index contributed by atoms with van der Waals surface area (Å²) in [6.07, 6.45) is 2.29. The first-order valence-corrected chi connectivity index (χ1v) is 6.18. The molecule has 0 unspecified atom stereocenters. The maximum Gasteiger partial charge on any atom is 0.0528 e. The number of rotatable bonds is 2. The molecule has 15 heavy (non-hydrogen) atoms.